The van der Waals surface area contributed by atoms with Crippen LogP contribution in [0.1, 0.15) is 12.0 Å². The van der Waals surface area contributed by atoms with Crippen LogP contribution in [0, 0.1) is 12.8 Å². The first-order chi connectivity index (χ1) is 12.6. The van der Waals surface area contributed by atoms with E-state index in [2.05, 4.69) is 31.9 Å². The van der Waals surface area contributed by atoms with E-state index in [1.54, 1.807) is 0 Å². The van der Waals surface area contributed by atoms with Gasteiger partial charge in [-0.2, -0.15) is 5.10 Å². The van der Waals surface area contributed by atoms with E-state index in [0.717, 1.165) is 46.8 Å². The topological polar surface area (TPSA) is 106 Å². The van der Waals surface area contributed by atoms with Gasteiger partial charge in [-0.25, -0.2) is 0 Å². The van der Waals surface area contributed by atoms with E-state index in [9.17, 15) is 4.79 Å². The minimum Gasteiger partial charge on any atom is -0.369 e. The van der Waals surface area contributed by atoms with Crippen LogP contribution >= 0.6 is 0 Å². The van der Waals surface area contributed by atoms with Crippen LogP contribution in [-0.2, 0) is 11.3 Å². The highest BCUT2D eigenvalue weighted by Crippen LogP contribution is 2.33. The number of allylic oxidation sites excluding steroid dienone is 1. The predicted octanol–water partition coefficient (Wildman–Crippen LogP) is 1.63. The summed E-state index contributed by atoms with van der Waals surface area (Å²) in [6.45, 7) is 7.79. The van der Waals surface area contributed by atoms with Crippen LogP contribution in [0.15, 0.2) is 31.0 Å². The molecule has 26 heavy (non-hydrogen) atoms. The number of nitrogens with one attached hydrogen (secondary N) is 1. The molecule has 8 heteroatoms. The highest BCUT2D eigenvalue weighted by atomic mass is 16.1. The Bertz CT molecular complexity index is 987. The molecule has 3 aromatic rings. The number of hydrogen-bond donors (Lipinski definition) is 2. The number of carbonyl (C=O) groups excluding carboxylic acids is 1. The lowest BCUT2D eigenvalue weighted by molar-refractivity contribution is -0.121. The Labute approximate surface area is 150 Å². The van der Waals surface area contributed by atoms with Gasteiger partial charge < -0.3 is 10.6 Å². The number of carbonyl (C=O) groups is 1. The van der Waals surface area contributed by atoms with Crippen molar-refractivity contribution in [3.63, 3.8) is 0 Å². The fourth-order valence-corrected chi connectivity index (χ4v) is 3.61. The van der Waals surface area contributed by atoms with Crippen LogP contribution in [0.4, 0.5) is 5.95 Å². The lowest BCUT2D eigenvalue weighted by atomic mass is 10.0. The summed E-state index contributed by atoms with van der Waals surface area (Å²) in [7, 11) is 0. The number of hydrogen-bond acceptors (Lipinski definition) is 5. The minimum atomic E-state index is -0.262. The van der Waals surface area contributed by atoms with E-state index in [1.165, 1.54) is 0 Å². The van der Waals surface area contributed by atoms with Gasteiger partial charge in [-0.05, 0) is 25.0 Å². The molecule has 0 radical (unpaired) electrons. The highest BCUT2D eigenvalue weighted by molar-refractivity contribution is 5.94. The molecule has 1 aliphatic heterocycles. The number of amides is 1. The molecule has 0 aliphatic carbocycles. The number of nitrogens with two attached hydrogens (primary N) is 1. The van der Waals surface area contributed by atoms with Crippen LogP contribution < -0.4 is 10.6 Å². The van der Waals surface area contributed by atoms with Crippen LogP contribution in [-0.4, -0.2) is 44.0 Å². The lowest BCUT2D eigenvalue weighted by Crippen LogP contribution is -2.28. The third-order valence-electron chi connectivity index (χ3n) is 4.97. The molecule has 3 heterocycles. The van der Waals surface area contributed by atoms with Crippen LogP contribution in [0.3, 0.4) is 0 Å². The van der Waals surface area contributed by atoms with Gasteiger partial charge in [0.15, 0.2) is 5.82 Å². The number of rotatable bonds is 5. The second-order valence-corrected chi connectivity index (χ2v) is 6.65. The number of nitrogens with zero attached hydrogens (tertiary/aromatic N) is 5. The molecule has 1 aromatic carbocycles. The molecule has 1 unspecified atom stereocenters. The van der Waals surface area contributed by atoms with Crippen molar-refractivity contribution in [3.8, 4) is 11.4 Å². The van der Waals surface area contributed by atoms with Gasteiger partial charge in [0.1, 0.15) is 0 Å². The fraction of sp³-hybridized carbons (Fsp3) is 0.333. The maximum atomic E-state index is 11.5. The van der Waals surface area contributed by atoms with Crippen molar-refractivity contribution in [3.05, 3.63) is 36.5 Å². The van der Waals surface area contributed by atoms with Crippen LogP contribution in [0.2, 0.25) is 0 Å². The van der Waals surface area contributed by atoms with Crippen LogP contribution in [0.25, 0.3) is 22.3 Å². The molecule has 2 aromatic heterocycles. The third-order valence-corrected chi connectivity index (χ3v) is 4.97. The van der Waals surface area contributed by atoms with E-state index >= 15 is 0 Å². The monoisotopic (exact) mass is 351 g/mol. The Balaban J connectivity index is 1.82. The standard InChI is InChI=1S/C18H21N7O/c1-3-7-25-17(15-11(2)4-5-14-13(15)9-20-21-14)22-23-18(25)24-8-6-12(10-24)16(19)26/h3-5,9,12H,1,6-8,10H2,2H3,(H2,19,26)(H,20,21). The van der Waals surface area contributed by atoms with Crippen molar-refractivity contribution in [2.24, 2.45) is 11.7 Å². The van der Waals surface area contributed by atoms with Gasteiger partial charge in [0.2, 0.25) is 11.9 Å². The number of primary amides is 1. The van der Waals surface area contributed by atoms with E-state index in [-0.39, 0.29) is 11.8 Å². The summed E-state index contributed by atoms with van der Waals surface area (Å²) in [4.78, 5) is 13.6. The summed E-state index contributed by atoms with van der Waals surface area (Å²) in [5, 5.41) is 17.1. The predicted molar refractivity (Wildman–Crippen MR) is 99.6 cm³/mol. The minimum absolute atomic E-state index is 0.147. The Hall–Kier alpha value is -3.16. The van der Waals surface area contributed by atoms with E-state index in [0.29, 0.717) is 13.1 Å². The highest BCUT2D eigenvalue weighted by Gasteiger charge is 2.30. The summed E-state index contributed by atoms with van der Waals surface area (Å²) in [5.74, 6) is 1.10. The zero-order chi connectivity index (χ0) is 18.3. The molecule has 1 saturated heterocycles. The van der Waals surface area contributed by atoms with E-state index < -0.39 is 0 Å². The SMILES string of the molecule is C=CCn1c(-c2c(C)ccc3[nH]ncc23)nnc1N1CCC(C(N)=O)C1. The second-order valence-electron chi connectivity index (χ2n) is 6.65. The van der Waals surface area contributed by atoms with Crippen molar-refractivity contribution >= 4 is 22.8 Å². The van der Waals surface area contributed by atoms with E-state index in [4.69, 9.17) is 5.73 Å². The zero-order valence-electron chi connectivity index (χ0n) is 14.6. The molecule has 1 atom stereocenters. The molecule has 0 bridgehead atoms. The average Bonchev–Trinajstić information content (AvgIpc) is 3.33. The molecule has 0 saturated carbocycles. The summed E-state index contributed by atoms with van der Waals surface area (Å²) >= 11 is 0. The quantitative estimate of drug-likeness (QED) is 0.680. The van der Waals surface area contributed by atoms with Crippen molar-refractivity contribution in [1.29, 1.82) is 0 Å². The molecule has 0 spiro atoms. The number of benzene rings is 1. The summed E-state index contributed by atoms with van der Waals surface area (Å²) in [6, 6.07) is 4.05. The fourth-order valence-electron chi connectivity index (χ4n) is 3.61. The van der Waals surface area contributed by atoms with Crippen molar-refractivity contribution in [2.45, 2.75) is 19.9 Å². The Morgan fingerprint density at radius 2 is 2.31 bits per heavy atom. The Morgan fingerprint density at radius 3 is 3.04 bits per heavy atom. The van der Waals surface area contributed by atoms with Gasteiger partial charge in [-0.1, -0.05) is 12.1 Å². The van der Waals surface area contributed by atoms with Crippen molar-refractivity contribution in [1.82, 2.24) is 25.0 Å². The number of aryl methyl sites for hydroxylation is 1. The molecule has 1 fully saturated rings. The normalized spacial score (nSPS) is 17.1. The molecule has 8 nitrogen and oxygen atoms in total. The second kappa shape index (κ2) is 6.29. The third kappa shape index (κ3) is 2.54. The number of H-pyrrole nitrogens is 1. The zero-order valence-corrected chi connectivity index (χ0v) is 14.6. The van der Waals surface area contributed by atoms with E-state index in [1.807, 2.05) is 35.9 Å². The summed E-state index contributed by atoms with van der Waals surface area (Å²) < 4.78 is 2.03. The number of aromatic nitrogens is 5. The van der Waals surface area contributed by atoms with Gasteiger partial charge >= 0.3 is 0 Å². The smallest absolute Gasteiger partial charge is 0.227 e. The van der Waals surface area contributed by atoms with Gasteiger partial charge in [0, 0.05) is 30.6 Å². The van der Waals surface area contributed by atoms with Crippen molar-refractivity contribution < 1.29 is 4.79 Å². The first-order valence-corrected chi connectivity index (χ1v) is 8.61. The lowest BCUT2D eigenvalue weighted by Gasteiger charge is -2.18. The van der Waals surface area contributed by atoms with Gasteiger partial charge in [-0.15, -0.1) is 16.8 Å². The first kappa shape index (κ1) is 16.3. The summed E-state index contributed by atoms with van der Waals surface area (Å²) in [5.41, 5.74) is 8.52. The van der Waals surface area contributed by atoms with Gasteiger partial charge in [0.05, 0.1) is 17.6 Å². The number of fused-ring (bicyclic) bond motifs is 1. The number of anilines is 1. The molecule has 3 N–H and O–H groups in total. The van der Waals surface area contributed by atoms with Gasteiger partial charge in [-0.3, -0.25) is 14.5 Å². The average molecular weight is 351 g/mol. The molecule has 1 aliphatic rings. The summed E-state index contributed by atoms with van der Waals surface area (Å²) in [6.07, 6.45) is 4.37. The molecular weight excluding hydrogens is 330 g/mol. The largest absolute Gasteiger partial charge is 0.369 e. The molecule has 4 rings (SSSR count). The maximum Gasteiger partial charge on any atom is 0.227 e. The maximum absolute atomic E-state index is 11.5. The van der Waals surface area contributed by atoms with Gasteiger partial charge in [0.25, 0.3) is 0 Å². The molecule has 134 valence electrons. The van der Waals surface area contributed by atoms with Crippen LogP contribution in [0.5, 0.6) is 0 Å². The Kier molecular flexibility index (Phi) is 3.95. The molecular formula is C18H21N7O. The van der Waals surface area contributed by atoms with Crippen molar-refractivity contribution in [2.75, 3.05) is 18.0 Å². The Morgan fingerprint density at radius 1 is 1.46 bits per heavy atom. The first-order valence-electron chi connectivity index (χ1n) is 8.61. The molecule has 1 amide bonds. The number of aromatic amines is 1.